The number of hydrogen-bond donors (Lipinski definition) is 1. The van der Waals surface area contributed by atoms with Gasteiger partial charge in [-0.15, -0.1) is 0 Å². The highest BCUT2D eigenvalue weighted by molar-refractivity contribution is 5.38. The summed E-state index contributed by atoms with van der Waals surface area (Å²) in [5.41, 5.74) is 0. The van der Waals surface area contributed by atoms with E-state index in [0.717, 1.165) is 32.5 Å². The van der Waals surface area contributed by atoms with Gasteiger partial charge in [0, 0.05) is 19.6 Å². The van der Waals surface area contributed by atoms with Crippen LogP contribution >= 0.6 is 0 Å². The summed E-state index contributed by atoms with van der Waals surface area (Å²) in [6, 6.07) is 0.439. The van der Waals surface area contributed by atoms with Gasteiger partial charge in [0.2, 0.25) is 11.9 Å². The Bertz CT molecular complexity index is 459. The van der Waals surface area contributed by atoms with Crippen LogP contribution in [-0.2, 0) is 4.74 Å². The first kappa shape index (κ1) is 14.3. The van der Waals surface area contributed by atoms with Crippen LogP contribution in [0.3, 0.4) is 0 Å². The largest absolute Gasteiger partial charge is 0.460 e. The van der Waals surface area contributed by atoms with Crippen molar-refractivity contribution in [1.29, 1.82) is 0 Å². The van der Waals surface area contributed by atoms with Crippen LogP contribution in [0.15, 0.2) is 0 Å². The summed E-state index contributed by atoms with van der Waals surface area (Å²) in [6.07, 6.45) is 4.89. The van der Waals surface area contributed by atoms with E-state index in [9.17, 15) is 0 Å². The zero-order valence-corrected chi connectivity index (χ0v) is 12.5. The number of ether oxygens (including phenoxy) is 2. The molecule has 0 unspecified atom stereocenters. The maximum absolute atomic E-state index is 5.93. The second-order valence-corrected chi connectivity index (χ2v) is 5.40. The van der Waals surface area contributed by atoms with E-state index in [1.165, 1.54) is 12.8 Å². The van der Waals surface area contributed by atoms with Gasteiger partial charge in [-0.3, -0.25) is 0 Å². The van der Waals surface area contributed by atoms with Gasteiger partial charge in [0.05, 0.1) is 13.2 Å². The van der Waals surface area contributed by atoms with Crippen LogP contribution in [0.25, 0.3) is 0 Å². The molecule has 0 bridgehead atoms. The summed E-state index contributed by atoms with van der Waals surface area (Å²) in [4.78, 5) is 15.5. The molecule has 116 valence electrons. The molecule has 1 aliphatic heterocycles. The molecule has 0 spiro atoms. The van der Waals surface area contributed by atoms with Crippen LogP contribution in [0, 0.1) is 0 Å². The van der Waals surface area contributed by atoms with E-state index in [1.54, 1.807) is 0 Å². The van der Waals surface area contributed by atoms with Gasteiger partial charge in [0.15, 0.2) is 0 Å². The Morgan fingerprint density at radius 1 is 1.19 bits per heavy atom. The molecule has 0 atom stereocenters. The van der Waals surface area contributed by atoms with Crippen molar-refractivity contribution in [3.63, 3.8) is 0 Å². The van der Waals surface area contributed by atoms with Crippen LogP contribution in [0.2, 0.25) is 0 Å². The fraction of sp³-hybridized carbons (Fsp3) is 0.786. The minimum Gasteiger partial charge on any atom is -0.460 e. The van der Waals surface area contributed by atoms with Crippen LogP contribution in [0.1, 0.15) is 32.6 Å². The van der Waals surface area contributed by atoms with Crippen molar-refractivity contribution >= 4 is 11.9 Å². The summed E-state index contributed by atoms with van der Waals surface area (Å²) in [5.74, 6) is 1.26. The molecule has 2 heterocycles. The minimum atomic E-state index is 0.249. The lowest BCUT2D eigenvalue weighted by Gasteiger charge is -2.27. The summed E-state index contributed by atoms with van der Waals surface area (Å²) in [6.45, 7) is 5.82. The van der Waals surface area contributed by atoms with Crippen LogP contribution in [0.4, 0.5) is 11.9 Å². The normalized spacial score (nSPS) is 19.8. The number of aromatic nitrogens is 3. The highest BCUT2D eigenvalue weighted by Crippen LogP contribution is 2.24. The zero-order valence-electron chi connectivity index (χ0n) is 12.5. The van der Waals surface area contributed by atoms with E-state index < -0.39 is 0 Å². The average molecular weight is 293 g/mol. The van der Waals surface area contributed by atoms with Crippen LogP contribution in [0.5, 0.6) is 6.01 Å². The Kier molecular flexibility index (Phi) is 4.69. The van der Waals surface area contributed by atoms with E-state index >= 15 is 0 Å². The second kappa shape index (κ2) is 6.89. The Morgan fingerprint density at radius 3 is 2.67 bits per heavy atom. The first-order chi connectivity index (χ1) is 10.3. The Labute approximate surface area is 125 Å². The standard InChI is InChI=1S/C14H23N5O2/c1-2-15-12-16-13(19-7-9-20-10-8-19)18-14(17-12)21-11-5-3-4-6-11/h11H,2-10H2,1H3,(H,15,16,17,18). The van der Waals surface area contributed by atoms with Gasteiger partial charge >= 0.3 is 6.01 Å². The number of nitrogens with zero attached hydrogens (tertiary/aromatic N) is 4. The fourth-order valence-corrected chi connectivity index (χ4v) is 2.70. The smallest absolute Gasteiger partial charge is 0.323 e. The van der Waals surface area contributed by atoms with Crippen molar-refractivity contribution in [2.75, 3.05) is 43.1 Å². The molecule has 2 aliphatic rings. The molecule has 21 heavy (non-hydrogen) atoms. The number of nitrogens with one attached hydrogen (secondary N) is 1. The SMILES string of the molecule is CCNc1nc(OC2CCCC2)nc(N2CCOCC2)n1. The molecule has 0 aromatic carbocycles. The third kappa shape index (κ3) is 3.72. The second-order valence-electron chi connectivity index (χ2n) is 5.40. The molecule has 0 amide bonds. The first-order valence-electron chi connectivity index (χ1n) is 7.84. The van der Waals surface area contributed by atoms with Gasteiger partial charge in [-0.05, 0) is 32.6 Å². The lowest BCUT2D eigenvalue weighted by molar-refractivity contribution is 0.121. The highest BCUT2D eigenvalue weighted by Gasteiger charge is 2.21. The highest BCUT2D eigenvalue weighted by atomic mass is 16.5. The molecule has 1 saturated heterocycles. The van der Waals surface area contributed by atoms with Gasteiger partial charge in [0.1, 0.15) is 6.10 Å². The molecule has 1 saturated carbocycles. The lowest BCUT2D eigenvalue weighted by Crippen LogP contribution is -2.37. The topological polar surface area (TPSA) is 72.4 Å². The van der Waals surface area contributed by atoms with E-state index in [-0.39, 0.29) is 6.10 Å². The fourth-order valence-electron chi connectivity index (χ4n) is 2.70. The Hall–Kier alpha value is -1.63. The van der Waals surface area contributed by atoms with E-state index in [1.807, 2.05) is 6.92 Å². The van der Waals surface area contributed by atoms with E-state index in [2.05, 4.69) is 25.2 Å². The molecule has 7 nitrogen and oxygen atoms in total. The van der Waals surface area contributed by atoms with Crippen molar-refractivity contribution < 1.29 is 9.47 Å². The molecule has 1 aromatic rings. The molecule has 3 rings (SSSR count). The zero-order chi connectivity index (χ0) is 14.5. The predicted octanol–water partition coefficient (Wildman–Crippen LogP) is 1.46. The summed E-state index contributed by atoms with van der Waals surface area (Å²) < 4.78 is 11.3. The van der Waals surface area contributed by atoms with Crippen LogP contribution < -0.4 is 15.0 Å². The predicted molar refractivity (Wildman–Crippen MR) is 79.9 cm³/mol. The molecule has 0 radical (unpaired) electrons. The monoisotopic (exact) mass is 293 g/mol. The van der Waals surface area contributed by atoms with Gasteiger partial charge in [0.25, 0.3) is 0 Å². The molecule has 7 heteroatoms. The van der Waals surface area contributed by atoms with Crippen molar-refractivity contribution in [1.82, 2.24) is 15.0 Å². The number of hydrogen-bond acceptors (Lipinski definition) is 7. The van der Waals surface area contributed by atoms with Crippen molar-refractivity contribution in [2.24, 2.45) is 0 Å². The van der Waals surface area contributed by atoms with E-state index in [0.29, 0.717) is 31.1 Å². The van der Waals surface area contributed by atoms with Crippen molar-refractivity contribution in [2.45, 2.75) is 38.7 Å². The van der Waals surface area contributed by atoms with Crippen molar-refractivity contribution in [3.8, 4) is 6.01 Å². The first-order valence-corrected chi connectivity index (χ1v) is 7.84. The molecule has 1 aliphatic carbocycles. The summed E-state index contributed by atoms with van der Waals surface area (Å²) >= 11 is 0. The number of rotatable bonds is 5. The van der Waals surface area contributed by atoms with Crippen LogP contribution in [-0.4, -0.2) is 53.9 Å². The average Bonchev–Trinajstić information content (AvgIpc) is 3.01. The van der Waals surface area contributed by atoms with Gasteiger partial charge in [-0.25, -0.2) is 0 Å². The maximum Gasteiger partial charge on any atom is 0.323 e. The lowest BCUT2D eigenvalue weighted by atomic mass is 10.3. The molecule has 1 aromatic heterocycles. The minimum absolute atomic E-state index is 0.249. The van der Waals surface area contributed by atoms with Gasteiger partial charge in [-0.1, -0.05) is 0 Å². The maximum atomic E-state index is 5.93. The third-order valence-corrected chi connectivity index (χ3v) is 3.81. The molecule has 2 fully saturated rings. The van der Waals surface area contributed by atoms with Gasteiger partial charge in [-0.2, -0.15) is 15.0 Å². The summed E-state index contributed by atoms with van der Waals surface area (Å²) in [5, 5.41) is 3.15. The Morgan fingerprint density at radius 2 is 1.95 bits per heavy atom. The van der Waals surface area contributed by atoms with E-state index in [4.69, 9.17) is 9.47 Å². The molecule has 1 N–H and O–H groups in total. The Balaban J connectivity index is 1.78. The number of anilines is 2. The molecular weight excluding hydrogens is 270 g/mol. The molecular formula is C14H23N5O2. The summed E-state index contributed by atoms with van der Waals surface area (Å²) in [7, 11) is 0. The third-order valence-electron chi connectivity index (χ3n) is 3.81. The van der Waals surface area contributed by atoms with Crippen molar-refractivity contribution in [3.05, 3.63) is 0 Å². The van der Waals surface area contributed by atoms with Gasteiger partial charge < -0.3 is 19.7 Å². The number of morpholine rings is 1. The quantitative estimate of drug-likeness (QED) is 0.881.